The molecule has 0 saturated carbocycles. The van der Waals surface area contributed by atoms with Crippen LogP contribution in [0.25, 0.3) is 6.08 Å². The maximum absolute atomic E-state index is 12.0. The molecular weight excluding hydrogens is 295 g/mol. The molecule has 0 radical (unpaired) electrons. The summed E-state index contributed by atoms with van der Waals surface area (Å²) < 4.78 is 5.05. The van der Waals surface area contributed by atoms with Crippen molar-refractivity contribution in [3.8, 4) is 5.75 Å². The van der Waals surface area contributed by atoms with E-state index in [9.17, 15) is 4.79 Å². The molecule has 0 aliphatic rings. The van der Waals surface area contributed by atoms with Crippen LogP contribution in [-0.2, 0) is 0 Å². The van der Waals surface area contributed by atoms with Crippen LogP contribution in [-0.4, -0.2) is 12.9 Å². The van der Waals surface area contributed by atoms with E-state index in [1.165, 1.54) is 6.08 Å². The first kappa shape index (κ1) is 14.6. The molecule has 0 saturated heterocycles. The summed E-state index contributed by atoms with van der Waals surface area (Å²) in [6.07, 6.45) is 3.13. The second kappa shape index (κ2) is 6.60. The Labute approximate surface area is 127 Å². The number of carbonyl (C=O) groups is 1. The van der Waals surface area contributed by atoms with Gasteiger partial charge in [0.2, 0.25) is 0 Å². The number of hydrogen-bond acceptors (Lipinski definition) is 2. The predicted octanol–water partition coefficient (Wildman–Crippen LogP) is 4.90. The fraction of sp³-hybridized carbons (Fsp3) is 0.0625. The minimum absolute atomic E-state index is 0.108. The first-order valence-corrected chi connectivity index (χ1v) is 6.68. The molecule has 2 rings (SSSR count). The zero-order valence-corrected chi connectivity index (χ0v) is 12.3. The Kier molecular flexibility index (Phi) is 4.83. The summed E-state index contributed by atoms with van der Waals surface area (Å²) in [4.78, 5) is 12.0. The highest BCUT2D eigenvalue weighted by Crippen LogP contribution is 2.26. The molecule has 102 valence electrons. The molecule has 0 aliphatic carbocycles. The van der Waals surface area contributed by atoms with Crippen LogP contribution < -0.4 is 4.74 Å². The molecule has 0 aliphatic heterocycles. The fourth-order valence-corrected chi connectivity index (χ4v) is 2.04. The molecule has 0 N–H and O–H groups in total. The molecule has 0 amide bonds. The van der Waals surface area contributed by atoms with Crippen LogP contribution in [0.2, 0.25) is 10.0 Å². The second-order valence-electron chi connectivity index (χ2n) is 4.07. The third kappa shape index (κ3) is 3.41. The molecule has 2 aromatic rings. The number of carbonyl (C=O) groups excluding carboxylic acids is 1. The number of halogens is 2. The summed E-state index contributed by atoms with van der Waals surface area (Å²) in [5.74, 6) is 0.604. The van der Waals surface area contributed by atoms with Gasteiger partial charge in [-0.3, -0.25) is 4.79 Å². The van der Waals surface area contributed by atoms with Gasteiger partial charge in [-0.1, -0.05) is 35.3 Å². The van der Waals surface area contributed by atoms with Crippen LogP contribution >= 0.6 is 23.2 Å². The lowest BCUT2D eigenvalue weighted by molar-refractivity contribution is 0.104. The van der Waals surface area contributed by atoms with Gasteiger partial charge in [0.25, 0.3) is 0 Å². The van der Waals surface area contributed by atoms with Crippen molar-refractivity contribution >= 4 is 35.1 Å². The monoisotopic (exact) mass is 306 g/mol. The van der Waals surface area contributed by atoms with Crippen molar-refractivity contribution in [1.29, 1.82) is 0 Å². The SMILES string of the molecule is COc1ccc(C(=O)/C=C/c2cccc(Cl)c2Cl)cc1. The molecule has 0 fully saturated rings. The van der Waals surface area contributed by atoms with Gasteiger partial charge in [0, 0.05) is 5.56 Å². The van der Waals surface area contributed by atoms with Crippen molar-refractivity contribution in [2.24, 2.45) is 0 Å². The fourth-order valence-electron chi connectivity index (χ4n) is 1.67. The smallest absolute Gasteiger partial charge is 0.185 e. The normalized spacial score (nSPS) is 10.8. The molecule has 4 heteroatoms. The van der Waals surface area contributed by atoms with E-state index < -0.39 is 0 Å². The third-order valence-electron chi connectivity index (χ3n) is 2.77. The summed E-state index contributed by atoms with van der Waals surface area (Å²) in [6.45, 7) is 0. The summed E-state index contributed by atoms with van der Waals surface area (Å²) >= 11 is 12.0. The predicted molar refractivity (Wildman–Crippen MR) is 82.8 cm³/mol. The van der Waals surface area contributed by atoms with Crippen LogP contribution in [0.15, 0.2) is 48.5 Å². The minimum Gasteiger partial charge on any atom is -0.497 e. The van der Waals surface area contributed by atoms with E-state index in [1.54, 1.807) is 55.7 Å². The van der Waals surface area contributed by atoms with Gasteiger partial charge < -0.3 is 4.74 Å². The van der Waals surface area contributed by atoms with Gasteiger partial charge in [0.15, 0.2) is 5.78 Å². The second-order valence-corrected chi connectivity index (χ2v) is 4.85. The number of allylic oxidation sites excluding steroid dienone is 1. The Morgan fingerprint density at radius 3 is 2.45 bits per heavy atom. The molecule has 0 unspecified atom stereocenters. The Bertz CT molecular complexity index is 646. The number of hydrogen-bond donors (Lipinski definition) is 0. The van der Waals surface area contributed by atoms with E-state index >= 15 is 0 Å². The molecular formula is C16H12Cl2O2. The molecule has 0 bridgehead atoms. The van der Waals surface area contributed by atoms with E-state index in [1.807, 2.05) is 0 Å². The largest absolute Gasteiger partial charge is 0.497 e. The summed E-state index contributed by atoms with van der Waals surface area (Å²) in [5, 5.41) is 0.902. The Hall–Kier alpha value is -1.77. The Morgan fingerprint density at radius 2 is 1.80 bits per heavy atom. The molecule has 2 aromatic carbocycles. The van der Waals surface area contributed by atoms with Gasteiger partial charge in [0.1, 0.15) is 5.75 Å². The summed E-state index contributed by atoms with van der Waals surface area (Å²) in [7, 11) is 1.58. The third-order valence-corrected chi connectivity index (χ3v) is 3.60. The minimum atomic E-state index is -0.108. The highest BCUT2D eigenvalue weighted by atomic mass is 35.5. The number of ketones is 1. The average Bonchev–Trinajstić information content (AvgIpc) is 2.48. The van der Waals surface area contributed by atoms with E-state index in [-0.39, 0.29) is 5.78 Å². The van der Waals surface area contributed by atoms with Gasteiger partial charge in [-0.15, -0.1) is 0 Å². The van der Waals surface area contributed by atoms with Gasteiger partial charge in [-0.05, 0) is 48.0 Å². The average molecular weight is 307 g/mol. The van der Waals surface area contributed by atoms with Crippen molar-refractivity contribution in [1.82, 2.24) is 0 Å². The highest BCUT2D eigenvalue weighted by molar-refractivity contribution is 6.42. The Balaban J connectivity index is 2.18. The maximum Gasteiger partial charge on any atom is 0.185 e. The topological polar surface area (TPSA) is 26.3 Å². The summed E-state index contributed by atoms with van der Waals surface area (Å²) in [5.41, 5.74) is 1.29. The maximum atomic E-state index is 12.0. The highest BCUT2D eigenvalue weighted by Gasteiger charge is 2.04. The number of ether oxygens (including phenoxy) is 1. The van der Waals surface area contributed by atoms with Crippen molar-refractivity contribution in [3.05, 3.63) is 69.7 Å². The van der Waals surface area contributed by atoms with Crippen LogP contribution in [0, 0.1) is 0 Å². The molecule has 0 atom stereocenters. The number of rotatable bonds is 4. The zero-order chi connectivity index (χ0) is 14.5. The van der Waals surface area contributed by atoms with E-state index in [4.69, 9.17) is 27.9 Å². The molecule has 0 spiro atoms. The lowest BCUT2D eigenvalue weighted by atomic mass is 10.1. The van der Waals surface area contributed by atoms with Gasteiger partial charge >= 0.3 is 0 Å². The standard InChI is InChI=1S/C16H12Cl2O2/c1-20-13-8-5-11(6-9-13)15(19)10-7-12-3-2-4-14(17)16(12)18/h2-10H,1H3/b10-7+. The Morgan fingerprint density at radius 1 is 1.10 bits per heavy atom. The molecule has 2 nitrogen and oxygen atoms in total. The van der Waals surface area contributed by atoms with Gasteiger partial charge in [-0.2, -0.15) is 0 Å². The summed E-state index contributed by atoms with van der Waals surface area (Å²) in [6, 6.07) is 12.2. The van der Waals surface area contributed by atoms with Gasteiger partial charge in [0.05, 0.1) is 17.2 Å². The lowest BCUT2D eigenvalue weighted by Gasteiger charge is -2.01. The molecule has 20 heavy (non-hydrogen) atoms. The number of methoxy groups -OCH3 is 1. The molecule has 0 aromatic heterocycles. The van der Waals surface area contributed by atoms with E-state index in [0.29, 0.717) is 26.9 Å². The van der Waals surface area contributed by atoms with E-state index in [0.717, 1.165) is 0 Å². The zero-order valence-electron chi connectivity index (χ0n) is 10.8. The lowest BCUT2D eigenvalue weighted by Crippen LogP contribution is -1.94. The first-order valence-electron chi connectivity index (χ1n) is 5.92. The van der Waals surface area contributed by atoms with Crippen LogP contribution in [0.5, 0.6) is 5.75 Å². The van der Waals surface area contributed by atoms with Crippen molar-refractivity contribution in [3.63, 3.8) is 0 Å². The van der Waals surface area contributed by atoms with Crippen LogP contribution in [0.1, 0.15) is 15.9 Å². The first-order chi connectivity index (χ1) is 9.61. The number of benzene rings is 2. The molecule has 0 heterocycles. The van der Waals surface area contributed by atoms with E-state index in [2.05, 4.69) is 0 Å². The van der Waals surface area contributed by atoms with Gasteiger partial charge in [-0.25, -0.2) is 0 Å². The quantitative estimate of drug-likeness (QED) is 0.593. The van der Waals surface area contributed by atoms with Crippen LogP contribution in [0.3, 0.4) is 0 Å². The van der Waals surface area contributed by atoms with Crippen LogP contribution in [0.4, 0.5) is 0 Å². The van der Waals surface area contributed by atoms with Crippen molar-refractivity contribution < 1.29 is 9.53 Å². The van der Waals surface area contributed by atoms with Crippen molar-refractivity contribution in [2.45, 2.75) is 0 Å². The van der Waals surface area contributed by atoms with Crippen molar-refractivity contribution in [2.75, 3.05) is 7.11 Å².